The lowest BCUT2D eigenvalue weighted by Crippen LogP contribution is -2.32. The van der Waals surface area contributed by atoms with Crippen molar-refractivity contribution in [2.75, 3.05) is 7.05 Å². The highest BCUT2D eigenvalue weighted by molar-refractivity contribution is 5.78. The molecule has 0 aromatic rings. The summed E-state index contributed by atoms with van der Waals surface area (Å²) in [5.74, 6) is 0.563. The molecule has 0 radical (unpaired) electrons. The van der Waals surface area contributed by atoms with Gasteiger partial charge in [-0.2, -0.15) is 0 Å². The third kappa shape index (κ3) is 1.40. The zero-order valence-electron chi connectivity index (χ0n) is 5.02. The standard InChI is InChI=1S/C5H11N3/c1-7-5(6)8-4-2-3-4/h4H,2-3H2,1H3,(H3,6,7,8). The molecule has 0 unspecified atom stereocenters. The number of nitrogens with two attached hydrogens (primary N) is 1. The van der Waals surface area contributed by atoms with Gasteiger partial charge in [-0.05, 0) is 12.8 Å². The summed E-state index contributed by atoms with van der Waals surface area (Å²) in [7, 11) is 1.69. The molecule has 1 aliphatic carbocycles. The maximum Gasteiger partial charge on any atom is 0.188 e. The number of hydrogen-bond donors (Lipinski definition) is 2. The second-order valence-corrected chi connectivity index (χ2v) is 2.03. The number of guanidine groups is 1. The summed E-state index contributed by atoms with van der Waals surface area (Å²) < 4.78 is 0. The Morgan fingerprint density at radius 3 is 2.75 bits per heavy atom. The van der Waals surface area contributed by atoms with Gasteiger partial charge in [-0.1, -0.05) is 0 Å². The first-order chi connectivity index (χ1) is 3.83. The molecular formula is C5H11N3. The first-order valence-corrected chi connectivity index (χ1v) is 2.81. The van der Waals surface area contributed by atoms with Gasteiger partial charge in [-0.15, -0.1) is 0 Å². The number of nitrogens with one attached hydrogen (secondary N) is 1. The van der Waals surface area contributed by atoms with Crippen LogP contribution in [0.4, 0.5) is 0 Å². The van der Waals surface area contributed by atoms with Crippen molar-refractivity contribution < 1.29 is 0 Å². The van der Waals surface area contributed by atoms with E-state index in [9.17, 15) is 0 Å². The molecule has 0 amide bonds. The highest BCUT2D eigenvalue weighted by Crippen LogP contribution is 2.17. The van der Waals surface area contributed by atoms with E-state index in [1.165, 1.54) is 12.8 Å². The van der Waals surface area contributed by atoms with Crippen LogP contribution < -0.4 is 11.1 Å². The highest BCUT2D eigenvalue weighted by Gasteiger charge is 2.20. The SMILES string of the molecule is CN=C(N)NC1CC1. The number of rotatable bonds is 1. The minimum Gasteiger partial charge on any atom is -0.370 e. The largest absolute Gasteiger partial charge is 0.370 e. The fourth-order valence-electron chi connectivity index (χ4n) is 0.501. The predicted octanol–water partition coefficient (Wildman–Crippen LogP) is -0.317. The van der Waals surface area contributed by atoms with Crippen molar-refractivity contribution in [2.45, 2.75) is 18.9 Å². The molecule has 0 spiro atoms. The summed E-state index contributed by atoms with van der Waals surface area (Å²) in [5, 5.41) is 3.03. The fraction of sp³-hybridized carbons (Fsp3) is 0.800. The molecule has 0 bridgehead atoms. The molecule has 1 saturated carbocycles. The van der Waals surface area contributed by atoms with E-state index in [-0.39, 0.29) is 0 Å². The Morgan fingerprint density at radius 1 is 1.75 bits per heavy atom. The molecule has 46 valence electrons. The van der Waals surface area contributed by atoms with Gasteiger partial charge in [0.1, 0.15) is 0 Å². The monoisotopic (exact) mass is 113 g/mol. The average molecular weight is 113 g/mol. The highest BCUT2D eigenvalue weighted by atomic mass is 15.1. The van der Waals surface area contributed by atoms with Crippen molar-refractivity contribution in [1.29, 1.82) is 0 Å². The van der Waals surface area contributed by atoms with Gasteiger partial charge in [0.05, 0.1) is 0 Å². The zero-order chi connectivity index (χ0) is 5.98. The molecule has 0 atom stereocenters. The van der Waals surface area contributed by atoms with Crippen LogP contribution in [-0.4, -0.2) is 19.0 Å². The van der Waals surface area contributed by atoms with Crippen molar-refractivity contribution >= 4 is 5.96 Å². The lowest BCUT2D eigenvalue weighted by Gasteiger charge is -1.98. The summed E-state index contributed by atoms with van der Waals surface area (Å²) in [6.07, 6.45) is 2.49. The van der Waals surface area contributed by atoms with Gasteiger partial charge in [0, 0.05) is 13.1 Å². The smallest absolute Gasteiger partial charge is 0.188 e. The molecule has 3 nitrogen and oxygen atoms in total. The van der Waals surface area contributed by atoms with Crippen LogP contribution in [0.15, 0.2) is 4.99 Å². The summed E-state index contributed by atoms with van der Waals surface area (Å²) in [6, 6.07) is 0.624. The Balaban J connectivity index is 2.16. The van der Waals surface area contributed by atoms with Crippen LogP contribution in [0.3, 0.4) is 0 Å². The first kappa shape index (κ1) is 5.41. The molecule has 1 rings (SSSR count). The Labute approximate surface area is 49.0 Å². The van der Waals surface area contributed by atoms with Gasteiger partial charge < -0.3 is 11.1 Å². The molecule has 3 heteroatoms. The van der Waals surface area contributed by atoms with Crippen LogP contribution in [0.1, 0.15) is 12.8 Å². The first-order valence-electron chi connectivity index (χ1n) is 2.81. The number of nitrogens with zero attached hydrogens (tertiary/aromatic N) is 1. The lowest BCUT2D eigenvalue weighted by atomic mass is 10.7. The van der Waals surface area contributed by atoms with E-state index in [4.69, 9.17) is 5.73 Å². The fourth-order valence-corrected chi connectivity index (χ4v) is 0.501. The van der Waals surface area contributed by atoms with E-state index < -0.39 is 0 Å². The molecule has 1 aliphatic rings. The molecule has 0 heterocycles. The van der Waals surface area contributed by atoms with Gasteiger partial charge in [0.15, 0.2) is 5.96 Å². The Morgan fingerprint density at radius 2 is 2.38 bits per heavy atom. The Hall–Kier alpha value is -0.730. The molecule has 1 fully saturated rings. The van der Waals surface area contributed by atoms with E-state index in [0.717, 1.165) is 0 Å². The van der Waals surface area contributed by atoms with Crippen molar-refractivity contribution in [3.63, 3.8) is 0 Å². The third-order valence-corrected chi connectivity index (χ3v) is 1.17. The molecule has 0 saturated heterocycles. The summed E-state index contributed by atoms with van der Waals surface area (Å²) in [4.78, 5) is 3.75. The van der Waals surface area contributed by atoms with Crippen LogP contribution in [0.25, 0.3) is 0 Å². The van der Waals surface area contributed by atoms with E-state index in [1.807, 2.05) is 0 Å². The molecule has 0 aliphatic heterocycles. The zero-order valence-corrected chi connectivity index (χ0v) is 5.02. The van der Waals surface area contributed by atoms with Crippen molar-refractivity contribution in [2.24, 2.45) is 10.7 Å². The minimum atomic E-state index is 0.563. The van der Waals surface area contributed by atoms with Gasteiger partial charge >= 0.3 is 0 Å². The van der Waals surface area contributed by atoms with E-state index in [2.05, 4.69) is 10.3 Å². The Kier molecular flexibility index (Phi) is 1.37. The summed E-state index contributed by atoms with van der Waals surface area (Å²) >= 11 is 0. The summed E-state index contributed by atoms with van der Waals surface area (Å²) in [5.41, 5.74) is 5.35. The van der Waals surface area contributed by atoms with E-state index in [0.29, 0.717) is 12.0 Å². The van der Waals surface area contributed by atoms with Crippen LogP contribution in [0.5, 0.6) is 0 Å². The maximum absolute atomic E-state index is 5.35. The van der Waals surface area contributed by atoms with E-state index >= 15 is 0 Å². The predicted molar refractivity (Wildman–Crippen MR) is 33.7 cm³/mol. The molecule has 0 aromatic heterocycles. The molecular weight excluding hydrogens is 102 g/mol. The maximum atomic E-state index is 5.35. The Bertz CT molecular complexity index is 104. The topological polar surface area (TPSA) is 50.4 Å². The third-order valence-electron chi connectivity index (χ3n) is 1.17. The number of aliphatic imine (C=N–C) groups is 1. The van der Waals surface area contributed by atoms with E-state index in [1.54, 1.807) is 7.05 Å². The normalized spacial score (nSPS) is 20.9. The van der Waals surface area contributed by atoms with Crippen LogP contribution in [0.2, 0.25) is 0 Å². The van der Waals surface area contributed by atoms with Crippen molar-refractivity contribution in [3.8, 4) is 0 Å². The molecule has 0 aromatic carbocycles. The average Bonchev–Trinajstić information content (AvgIpc) is 2.50. The van der Waals surface area contributed by atoms with Gasteiger partial charge in [0.25, 0.3) is 0 Å². The summed E-state index contributed by atoms with van der Waals surface area (Å²) in [6.45, 7) is 0. The minimum absolute atomic E-state index is 0.563. The van der Waals surface area contributed by atoms with Gasteiger partial charge in [-0.25, -0.2) is 0 Å². The van der Waals surface area contributed by atoms with Gasteiger partial charge in [-0.3, -0.25) is 4.99 Å². The molecule has 3 N–H and O–H groups in total. The second kappa shape index (κ2) is 2.03. The van der Waals surface area contributed by atoms with Crippen molar-refractivity contribution in [3.05, 3.63) is 0 Å². The second-order valence-electron chi connectivity index (χ2n) is 2.03. The van der Waals surface area contributed by atoms with Crippen LogP contribution >= 0.6 is 0 Å². The van der Waals surface area contributed by atoms with Gasteiger partial charge in [0.2, 0.25) is 0 Å². The molecule has 8 heavy (non-hydrogen) atoms. The quantitative estimate of drug-likeness (QED) is 0.362. The number of hydrogen-bond acceptors (Lipinski definition) is 1. The lowest BCUT2D eigenvalue weighted by molar-refractivity contribution is 0.894. The van der Waals surface area contributed by atoms with Crippen LogP contribution in [0, 0.1) is 0 Å². The van der Waals surface area contributed by atoms with Crippen molar-refractivity contribution in [1.82, 2.24) is 5.32 Å². The van der Waals surface area contributed by atoms with Crippen LogP contribution in [-0.2, 0) is 0 Å².